The van der Waals surface area contributed by atoms with Crippen molar-refractivity contribution in [2.45, 2.75) is 38.6 Å². The Morgan fingerprint density at radius 2 is 2.13 bits per heavy atom. The summed E-state index contributed by atoms with van der Waals surface area (Å²) in [6.45, 7) is 2.77. The molecule has 1 fully saturated rings. The van der Waals surface area contributed by atoms with Gasteiger partial charge in [0.2, 0.25) is 5.91 Å². The first-order valence-electron chi connectivity index (χ1n) is 5.34. The SMILES string of the molecule is CCC1CCCCN1C(=O)C=CC(=O)[O-]. The van der Waals surface area contributed by atoms with E-state index in [0.29, 0.717) is 0 Å². The third-order valence-electron chi connectivity index (χ3n) is 2.74. The molecule has 1 aliphatic rings. The first-order valence-corrected chi connectivity index (χ1v) is 5.34. The van der Waals surface area contributed by atoms with E-state index in [1.807, 2.05) is 6.92 Å². The fraction of sp³-hybridized carbons (Fsp3) is 0.636. The zero-order chi connectivity index (χ0) is 11.3. The average Bonchev–Trinajstić information content (AvgIpc) is 2.25. The summed E-state index contributed by atoms with van der Waals surface area (Å²) in [4.78, 5) is 23.5. The van der Waals surface area contributed by atoms with Gasteiger partial charge in [-0.25, -0.2) is 0 Å². The van der Waals surface area contributed by atoms with Gasteiger partial charge in [0.25, 0.3) is 0 Å². The summed E-state index contributed by atoms with van der Waals surface area (Å²) < 4.78 is 0. The highest BCUT2D eigenvalue weighted by molar-refractivity contribution is 5.93. The molecular weight excluding hydrogens is 194 g/mol. The molecule has 1 aliphatic heterocycles. The van der Waals surface area contributed by atoms with Crippen LogP contribution in [0.4, 0.5) is 0 Å². The van der Waals surface area contributed by atoms with Gasteiger partial charge in [-0.05, 0) is 31.8 Å². The monoisotopic (exact) mass is 210 g/mol. The van der Waals surface area contributed by atoms with Crippen LogP contribution in [0.2, 0.25) is 0 Å². The summed E-state index contributed by atoms with van der Waals surface area (Å²) in [5, 5.41) is 10.2. The molecular formula is C11H16NO3-. The minimum Gasteiger partial charge on any atom is -0.545 e. The second-order valence-corrected chi connectivity index (χ2v) is 3.74. The van der Waals surface area contributed by atoms with Crippen molar-refractivity contribution in [3.8, 4) is 0 Å². The van der Waals surface area contributed by atoms with E-state index in [0.717, 1.165) is 44.4 Å². The second-order valence-electron chi connectivity index (χ2n) is 3.74. The van der Waals surface area contributed by atoms with Gasteiger partial charge in [-0.15, -0.1) is 0 Å². The largest absolute Gasteiger partial charge is 0.545 e. The zero-order valence-electron chi connectivity index (χ0n) is 8.94. The van der Waals surface area contributed by atoms with Crippen LogP contribution in [0.5, 0.6) is 0 Å². The zero-order valence-corrected chi connectivity index (χ0v) is 8.94. The van der Waals surface area contributed by atoms with E-state index in [4.69, 9.17) is 0 Å². The second kappa shape index (κ2) is 5.53. The van der Waals surface area contributed by atoms with E-state index < -0.39 is 5.97 Å². The first-order chi connectivity index (χ1) is 7.15. The summed E-state index contributed by atoms with van der Waals surface area (Å²) >= 11 is 0. The molecule has 0 aromatic rings. The van der Waals surface area contributed by atoms with Gasteiger partial charge in [0.05, 0.1) is 5.97 Å². The number of hydrogen-bond acceptors (Lipinski definition) is 3. The molecule has 1 amide bonds. The molecule has 0 saturated carbocycles. The maximum absolute atomic E-state index is 11.6. The quantitative estimate of drug-likeness (QED) is 0.620. The molecule has 1 rings (SSSR count). The predicted octanol–water partition coefficient (Wildman–Crippen LogP) is 0.0836. The molecule has 1 heterocycles. The predicted molar refractivity (Wildman–Crippen MR) is 53.8 cm³/mol. The molecule has 0 bridgehead atoms. The molecule has 4 nitrogen and oxygen atoms in total. The smallest absolute Gasteiger partial charge is 0.246 e. The highest BCUT2D eigenvalue weighted by atomic mass is 16.4. The van der Waals surface area contributed by atoms with Crippen molar-refractivity contribution in [1.82, 2.24) is 4.90 Å². The number of amides is 1. The van der Waals surface area contributed by atoms with Crippen molar-refractivity contribution in [3.63, 3.8) is 0 Å². The van der Waals surface area contributed by atoms with Gasteiger partial charge in [0.15, 0.2) is 0 Å². The number of carbonyl (C=O) groups is 2. The number of carboxylic acid groups (broad SMARTS) is 1. The number of rotatable bonds is 3. The lowest BCUT2D eigenvalue weighted by atomic mass is 10.00. The Morgan fingerprint density at radius 1 is 1.40 bits per heavy atom. The van der Waals surface area contributed by atoms with Gasteiger partial charge in [0, 0.05) is 18.7 Å². The lowest BCUT2D eigenvalue weighted by molar-refractivity contribution is -0.297. The van der Waals surface area contributed by atoms with E-state index >= 15 is 0 Å². The van der Waals surface area contributed by atoms with Gasteiger partial charge in [0.1, 0.15) is 0 Å². The minimum absolute atomic E-state index is 0.217. The molecule has 1 saturated heterocycles. The van der Waals surface area contributed by atoms with Crippen LogP contribution >= 0.6 is 0 Å². The van der Waals surface area contributed by atoms with Gasteiger partial charge >= 0.3 is 0 Å². The van der Waals surface area contributed by atoms with Crippen molar-refractivity contribution in [3.05, 3.63) is 12.2 Å². The maximum Gasteiger partial charge on any atom is 0.246 e. The summed E-state index contributed by atoms with van der Waals surface area (Å²) in [5.41, 5.74) is 0. The number of nitrogens with zero attached hydrogens (tertiary/aromatic N) is 1. The van der Waals surface area contributed by atoms with Crippen LogP contribution in [0.3, 0.4) is 0 Å². The van der Waals surface area contributed by atoms with E-state index in [9.17, 15) is 14.7 Å². The van der Waals surface area contributed by atoms with E-state index in [1.165, 1.54) is 0 Å². The van der Waals surface area contributed by atoms with Crippen LogP contribution in [-0.2, 0) is 9.59 Å². The molecule has 1 unspecified atom stereocenters. The summed E-state index contributed by atoms with van der Waals surface area (Å²) in [7, 11) is 0. The summed E-state index contributed by atoms with van der Waals surface area (Å²) in [5.74, 6) is -1.54. The van der Waals surface area contributed by atoms with E-state index in [2.05, 4.69) is 0 Å². The van der Waals surface area contributed by atoms with Crippen molar-refractivity contribution >= 4 is 11.9 Å². The highest BCUT2D eigenvalue weighted by Gasteiger charge is 2.23. The molecule has 0 aromatic carbocycles. The van der Waals surface area contributed by atoms with Crippen LogP contribution in [0.15, 0.2) is 12.2 Å². The Balaban J connectivity index is 2.59. The Kier molecular flexibility index (Phi) is 4.34. The van der Waals surface area contributed by atoms with Gasteiger partial charge in [-0.3, -0.25) is 4.79 Å². The third-order valence-corrected chi connectivity index (χ3v) is 2.74. The highest BCUT2D eigenvalue weighted by Crippen LogP contribution is 2.19. The number of aliphatic carboxylic acids is 1. The van der Waals surface area contributed by atoms with Crippen LogP contribution in [0.25, 0.3) is 0 Å². The van der Waals surface area contributed by atoms with E-state index in [-0.39, 0.29) is 11.9 Å². The Morgan fingerprint density at radius 3 is 2.73 bits per heavy atom. The number of hydrogen-bond donors (Lipinski definition) is 0. The van der Waals surface area contributed by atoms with Crippen molar-refractivity contribution in [1.29, 1.82) is 0 Å². The third kappa shape index (κ3) is 3.38. The molecule has 0 aliphatic carbocycles. The van der Waals surface area contributed by atoms with Gasteiger partial charge in [-0.1, -0.05) is 6.92 Å². The molecule has 0 spiro atoms. The maximum atomic E-state index is 11.6. The average molecular weight is 210 g/mol. The standard InChI is InChI=1S/C11H17NO3/c1-2-9-5-3-4-8-12(9)10(13)6-7-11(14)15/h6-7,9H,2-5,8H2,1H3,(H,14,15)/p-1. The fourth-order valence-corrected chi connectivity index (χ4v) is 1.95. The Bertz CT molecular complexity index is 273. The first kappa shape index (κ1) is 11.8. The van der Waals surface area contributed by atoms with Crippen LogP contribution in [0.1, 0.15) is 32.6 Å². The van der Waals surface area contributed by atoms with Gasteiger partial charge in [-0.2, -0.15) is 0 Å². The van der Waals surface area contributed by atoms with Crippen molar-refractivity contribution < 1.29 is 14.7 Å². The lowest BCUT2D eigenvalue weighted by Gasteiger charge is -2.34. The number of carbonyl (C=O) groups excluding carboxylic acids is 2. The van der Waals surface area contributed by atoms with Crippen molar-refractivity contribution in [2.75, 3.05) is 6.54 Å². The molecule has 1 atom stereocenters. The van der Waals surface area contributed by atoms with Crippen molar-refractivity contribution in [2.24, 2.45) is 0 Å². The Hall–Kier alpha value is -1.32. The molecule has 0 aromatic heterocycles. The minimum atomic E-state index is -1.33. The Labute approximate surface area is 89.6 Å². The molecule has 4 heteroatoms. The van der Waals surface area contributed by atoms with Crippen LogP contribution < -0.4 is 5.11 Å². The van der Waals surface area contributed by atoms with Crippen LogP contribution in [-0.4, -0.2) is 29.4 Å². The number of carboxylic acids is 1. The molecule has 15 heavy (non-hydrogen) atoms. The van der Waals surface area contributed by atoms with Gasteiger partial charge < -0.3 is 14.8 Å². The van der Waals surface area contributed by atoms with Crippen LogP contribution in [0, 0.1) is 0 Å². The normalized spacial score (nSPS) is 21.9. The number of piperidine rings is 1. The fourth-order valence-electron chi connectivity index (χ4n) is 1.95. The molecule has 0 N–H and O–H groups in total. The number of likely N-dealkylation sites (tertiary alicyclic amines) is 1. The molecule has 0 radical (unpaired) electrons. The topological polar surface area (TPSA) is 60.4 Å². The summed E-state index contributed by atoms with van der Waals surface area (Å²) in [6.07, 6.45) is 5.97. The summed E-state index contributed by atoms with van der Waals surface area (Å²) in [6, 6.07) is 0.262. The van der Waals surface area contributed by atoms with E-state index in [1.54, 1.807) is 4.90 Å². The lowest BCUT2D eigenvalue weighted by Crippen LogP contribution is -2.42. The molecule has 84 valence electrons.